The second kappa shape index (κ2) is 5.57. The van der Waals surface area contributed by atoms with Gasteiger partial charge in [0.05, 0.1) is 11.0 Å². The van der Waals surface area contributed by atoms with Crippen LogP contribution in [0.25, 0.3) is 0 Å². The second-order valence-electron chi connectivity index (χ2n) is 4.64. The quantitative estimate of drug-likeness (QED) is 0.888. The number of aliphatic hydroxyl groups excluding tert-OH is 1. The molecule has 2 rings (SSSR count). The topological polar surface area (TPSA) is 66.4 Å². The van der Waals surface area contributed by atoms with Gasteiger partial charge in [-0.25, -0.2) is 13.1 Å². The number of halogens is 1. The molecule has 18 heavy (non-hydrogen) atoms. The molecule has 0 spiro atoms. The van der Waals surface area contributed by atoms with Crippen LogP contribution in [0, 0.1) is 5.92 Å². The lowest BCUT2D eigenvalue weighted by Gasteiger charge is -2.11. The normalized spacial score (nSPS) is 24.3. The van der Waals surface area contributed by atoms with Crippen molar-refractivity contribution in [3.63, 3.8) is 0 Å². The minimum absolute atomic E-state index is 0.175. The Morgan fingerprint density at radius 1 is 1.39 bits per heavy atom. The molecule has 0 radical (unpaired) electrons. The summed E-state index contributed by atoms with van der Waals surface area (Å²) < 4.78 is 26.5. The zero-order chi connectivity index (χ0) is 13.2. The fraction of sp³-hybridized carbons (Fsp3) is 0.500. The highest BCUT2D eigenvalue weighted by molar-refractivity contribution is 7.89. The molecule has 0 saturated heterocycles. The molecule has 1 aliphatic rings. The standard InChI is InChI=1S/C12H16ClNO3S/c13-10-2-1-3-12(7-10)18(16,17)14-8-9-4-5-11(15)6-9/h1-3,7,9,11,14-15H,4-6,8H2. The zero-order valence-corrected chi connectivity index (χ0v) is 11.4. The van der Waals surface area contributed by atoms with E-state index in [-0.39, 0.29) is 16.9 Å². The molecule has 2 atom stereocenters. The van der Waals surface area contributed by atoms with E-state index >= 15 is 0 Å². The van der Waals surface area contributed by atoms with Crippen molar-refractivity contribution in [3.05, 3.63) is 29.3 Å². The summed E-state index contributed by atoms with van der Waals surface area (Å²) >= 11 is 5.77. The van der Waals surface area contributed by atoms with Gasteiger partial charge in [-0.05, 0) is 43.4 Å². The first-order chi connectivity index (χ1) is 8.47. The molecule has 0 amide bonds. The second-order valence-corrected chi connectivity index (χ2v) is 6.85. The minimum atomic E-state index is -3.50. The average Bonchev–Trinajstić information content (AvgIpc) is 2.73. The fourth-order valence-electron chi connectivity index (χ4n) is 2.18. The predicted molar refractivity (Wildman–Crippen MR) is 70.0 cm³/mol. The third kappa shape index (κ3) is 3.45. The van der Waals surface area contributed by atoms with E-state index < -0.39 is 10.0 Å². The van der Waals surface area contributed by atoms with Gasteiger partial charge >= 0.3 is 0 Å². The number of hydrogen-bond donors (Lipinski definition) is 2. The summed E-state index contributed by atoms with van der Waals surface area (Å²) in [6.45, 7) is 0.367. The van der Waals surface area contributed by atoms with Gasteiger partial charge in [0.25, 0.3) is 0 Å². The van der Waals surface area contributed by atoms with Crippen LogP contribution in [0.3, 0.4) is 0 Å². The van der Waals surface area contributed by atoms with Crippen molar-refractivity contribution in [3.8, 4) is 0 Å². The molecule has 1 aliphatic carbocycles. The summed E-state index contributed by atoms with van der Waals surface area (Å²) in [6.07, 6.45) is 1.99. The van der Waals surface area contributed by atoms with Crippen LogP contribution in [-0.4, -0.2) is 26.2 Å². The number of nitrogens with one attached hydrogen (secondary N) is 1. The molecule has 1 fully saturated rings. The third-order valence-electron chi connectivity index (χ3n) is 3.18. The van der Waals surface area contributed by atoms with Crippen molar-refractivity contribution in [2.75, 3.05) is 6.54 Å². The molecule has 0 heterocycles. The lowest BCUT2D eigenvalue weighted by Crippen LogP contribution is -2.28. The molecule has 1 aromatic rings. The van der Waals surface area contributed by atoms with E-state index in [4.69, 9.17) is 11.6 Å². The summed E-state index contributed by atoms with van der Waals surface area (Å²) in [6, 6.07) is 6.18. The van der Waals surface area contributed by atoms with Gasteiger partial charge in [-0.3, -0.25) is 0 Å². The predicted octanol–water partition coefficient (Wildman–Crippen LogP) is 1.78. The smallest absolute Gasteiger partial charge is 0.240 e. The molecule has 0 aromatic heterocycles. The first-order valence-corrected chi connectivity index (χ1v) is 7.77. The molecule has 1 aromatic carbocycles. The van der Waals surface area contributed by atoms with Crippen LogP contribution >= 0.6 is 11.6 Å². The van der Waals surface area contributed by atoms with Crippen LogP contribution in [0.2, 0.25) is 5.02 Å². The molecular weight excluding hydrogens is 274 g/mol. The summed E-state index contributed by atoms with van der Waals surface area (Å²) in [5, 5.41) is 9.79. The highest BCUT2D eigenvalue weighted by Crippen LogP contribution is 2.25. The van der Waals surface area contributed by atoms with Gasteiger partial charge in [-0.15, -0.1) is 0 Å². The van der Waals surface area contributed by atoms with Gasteiger partial charge in [-0.2, -0.15) is 0 Å². The molecule has 2 N–H and O–H groups in total. The van der Waals surface area contributed by atoms with Crippen molar-refractivity contribution in [1.82, 2.24) is 4.72 Å². The van der Waals surface area contributed by atoms with Gasteiger partial charge in [0.2, 0.25) is 10.0 Å². The van der Waals surface area contributed by atoms with E-state index in [0.29, 0.717) is 18.0 Å². The Morgan fingerprint density at radius 2 is 2.17 bits per heavy atom. The Kier molecular flexibility index (Phi) is 4.27. The first kappa shape index (κ1) is 13.8. The summed E-state index contributed by atoms with van der Waals surface area (Å²) in [4.78, 5) is 0.175. The van der Waals surface area contributed by atoms with Crippen LogP contribution in [-0.2, 0) is 10.0 Å². The van der Waals surface area contributed by atoms with E-state index in [0.717, 1.165) is 12.8 Å². The molecule has 0 bridgehead atoms. The SMILES string of the molecule is O=S(=O)(NCC1CCC(O)C1)c1cccc(Cl)c1. The fourth-order valence-corrected chi connectivity index (χ4v) is 3.60. The maximum atomic E-state index is 12.0. The van der Waals surface area contributed by atoms with Gasteiger partial charge in [0.15, 0.2) is 0 Å². The van der Waals surface area contributed by atoms with E-state index in [1.54, 1.807) is 12.1 Å². The summed E-state index contributed by atoms with van der Waals surface area (Å²) in [7, 11) is -3.50. The largest absolute Gasteiger partial charge is 0.393 e. The Morgan fingerprint density at radius 3 is 2.78 bits per heavy atom. The highest BCUT2D eigenvalue weighted by atomic mass is 35.5. The molecule has 6 heteroatoms. The van der Waals surface area contributed by atoms with E-state index in [1.165, 1.54) is 12.1 Å². The Balaban J connectivity index is 1.99. The number of aliphatic hydroxyl groups is 1. The average molecular weight is 290 g/mol. The van der Waals surface area contributed by atoms with Gasteiger partial charge < -0.3 is 5.11 Å². The number of rotatable bonds is 4. The maximum absolute atomic E-state index is 12.0. The first-order valence-electron chi connectivity index (χ1n) is 5.90. The number of hydrogen-bond acceptors (Lipinski definition) is 3. The van der Waals surface area contributed by atoms with Gasteiger partial charge in [0.1, 0.15) is 0 Å². The summed E-state index contributed by atoms with van der Waals surface area (Å²) in [5.74, 6) is 0.217. The van der Waals surface area contributed by atoms with Crippen molar-refractivity contribution in [2.45, 2.75) is 30.3 Å². The maximum Gasteiger partial charge on any atom is 0.240 e. The van der Waals surface area contributed by atoms with E-state index in [9.17, 15) is 13.5 Å². The van der Waals surface area contributed by atoms with Gasteiger partial charge in [-0.1, -0.05) is 17.7 Å². The van der Waals surface area contributed by atoms with Crippen molar-refractivity contribution >= 4 is 21.6 Å². The van der Waals surface area contributed by atoms with Crippen LogP contribution < -0.4 is 4.72 Å². The van der Waals surface area contributed by atoms with Gasteiger partial charge in [0, 0.05) is 11.6 Å². The lowest BCUT2D eigenvalue weighted by molar-refractivity contribution is 0.178. The zero-order valence-electron chi connectivity index (χ0n) is 9.84. The number of benzene rings is 1. The van der Waals surface area contributed by atoms with Crippen molar-refractivity contribution in [2.24, 2.45) is 5.92 Å². The van der Waals surface area contributed by atoms with Crippen molar-refractivity contribution < 1.29 is 13.5 Å². The molecule has 1 saturated carbocycles. The highest BCUT2D eigenvalue weighted by Gasteiger charge is 2.24. The molecule has 100 valence electrons. The molecular formula is C12H16ClNO3S. The van der Waals surface area contributed by atoms with Crippen LogP contribution in [0.15, 0.2) is 29.2 Å². The van der Waals surface area contributed by atoms with E-state index in [1.807, 2.05) is 0 Å². The van der Waals surface area contributed by atoms with Crippen molar-refractivity contribution in [1.29, 1.82) is 0 Å². The Hall–Kier alpha value is -0.620. The van der Waals surface area contributed by atoms with Crippen LogP contribution in [0.1, 0.15) is 19.3 Å². The Bertz CT molecular complexity index is 518. The third-order valence-corrected chi connectivity index (χ3v) is 4.84. The molecule has 2 unspecified atom stereocenters. The Labute approximate surface area is 112 Å². The summed E-state index contributed by atoms with van der Waals surface area (Å²) in [5.41, 5.74) is 0. The number of sulfonamides is 1. The van der Waals surface area contributed by atoms with Crippen LogP contribution in [0.5, 0.6) is 0 Å². The molecule has 0 aliphatic heterocycles. The van der Waals surface area contributed by atoms with E-state index in [2.05, 4.69) is 4.72 Å². The lowest BCUT2D eigenvalue weighted by atomic mass is 10.1. The minimum Gasteiger partial charge on any atom is -0.393 e. The molecule has 4 nitrogen and oxygen atoms in total. The van der Waals surface area contributed by atoms with Crippen LogP contribution in [0.4, 0.5) is 0 Å². The monoisotopic (exact) mass is 289 g/mol.